The molecule has 0 unspecified atom stereocenters. The van der Waals surface area contributed by atoms with Crippen LogP contribution in [0.25, 0.3) is 27.7 Å². The van der Waals surface area contributed by atoms with Gasteiger partial charge in [-0.3, -0.25) is 5.10 Å². The lowest BCUT2D eigenvalue weighted by Gasteiger charge is -2.30. The maximum absolute atomic E-state index is 13.4. The van der Waals surface area contributed by atoms with Gasteiger partial charge in [-0.25, -0.2) is 17.4 Å². The topological polar surface area (TPSA) is 99.1 Å². The fourth-order valence-corrected chi connectivity index (χ4v) is 5.95. The largest absolute Gasteiger partial charge is 0.347 e. The Morgan fingerprint density at radius 2 is 1.88 bits per heavy atom. The van der Waals surface area contributed by atoms with Gasteiger partial charge < -0.3 is 9.47 Å². The van der Waals surface area contributed by atoms with Crippen LogP contribution in [0.5, 0.6) is 0 Å². The van der Waals surface area contributed by atoms with Crippen LogP contribution in [0.15, 0.2) is 72.2 Å². The highest BCUT2D eigenvalue weighted by atomic mass is 32.2. The number of fused-ring (bicyclic) bond motifs is 1. The summed E-state index contributed by atoms with van der Waals surface area (Å²) in [5.41, 5.74) is 4.06. The summed E-state index contributed by atoms with van der Waals surface area (Å²) in [5.74, 6) is -0.490. The molecular weight excluding hydrogens is 440 g/mol. The first kappa shape index (κ1) is 20.3. The Balaban J connectivity index is 1.48. The average molecular weight is 463 g/mol. The smallest absolute Gasteiger partial charge is 0.269 e. The van der Waals surface area contributed by atoms with Crippen molar-refractivity contribution in [2.45, 2.75) is 29.9 Å². The van der Waals surface area contributed by atoms with E-state index in [1.54, 1.807) is 55.1 Å². The molecule has 4 heterocycles. The lowest BCUT2D eigenvalue weighted by atomic mass is 9.90. The van der Waals surface area contributed by atoms with Gasteiger partial charge in [0.1, 0.15) is 0 Å². The van der Waals surface area contributed by atoms with Crippen LogP contribution >= 0.6 is 0 Å². The van der Waals surface area contributed by atoms with E-state index in [4.69, 9.17) is 9.47 Å². The molecule has 1 aliphatic carbocycles. The maximum atomic E-state index is 13.4. The van der Waals surface area contributed by atoms with E-state index >= 15 is 0 Å². The summed E-state index contributed by atoms with van der Waals surface area (Å²) in [7, 11) is -3.81. The van der Waals surface area contributed by atoms with Crippen molar-refractivity contribution < 1.29 is 17.9 Å². The minimum Gasteiger partial charge on any atom is -0.347 e. The number of rotatable bonds is 4. The number of pyridine rings is 1. The van der Waals surface area contributed by atoms with Gasteiger partial charge in [0, 0.05) is 47.9 Å². The van der Waals surface area contributed by atoms with E-state index < -0.39 is 15.8 Å². The van der Waals surface area contributed by atoms with Crippen molar-refractivity contribution in [1.82, 2.24) is 19.2 Å². The minimum atomic E-state index is -3.81. The van der Waals surface area contributed by atoms with Crippen LogP contribution in [0.4, 0.5) is 0 Å². The summed E-state index contributed by atoms with van der Waals surface area (Å²) in [6.45, 7) is 1.27. The molecule has 1 saturated heterocycles. The number of H-pyrrole nitrogens is 1. The molecule has 0 radical (unpaired) electrons. The first-order valence-corrected chi connectivity index (χ1v) is 12.3. The molecule has 0 saturated carbocycles. The first-order valence-electron chi connectivity index (χ1n) is 10.8. The van der Waals surface area contributed by atoms with Crippen LogP contribution in [-0.4, -0.2) is 46.6 Å². The molecule has 1 aromatic carbocycles. The van der Waals surface area contributed by atoms with Gasteiger partial charge in [0.15, 0.2) is 11.4 Å². The molecule has 6 rings (SSSR count). The van der Waals surface area contributed by atoms with Crippen LogP contribution < -0.4 is 0 Å². The van der Waals surface area contributed by atoms with E-state index in [0.717, 1.165) is 40.5 Å². The first-order chi connectivity index (χ1) is 16.1. The third-order valence-corrected chi connectivity index (χ3v) is 8.00. The monoisotopic (exact) mass is 462 g/mol. The van der Waals surface area contributed by atoms with Crippen molar-refractivity contribution in [3.05, 3.63) is 72.8 Å². The number of aromatic amines is 1. The molecule has 9 heteroatoms. The lowest BCUT2D eigenvalue weighted by molar-refractivity contribution is -0.159. The molecular formula is C24H22N4O4S. The quantitative estimate of drug-likeness (QED) is 0.493. The third-order valence-electron chi connectivity index (χ3n) is 6.34. The summed E-state index contributed by atoms with van der Waals surface area (Å²) in [4.78, 5) is 4.83. The Labute approximate surface area is 190 Å². The van der Waals surface area contributed by atoms with Gasteiger partial charge in [-0.15, -0.1) is 0 Å². The summed E-state index contributed by atoms with van der Waals surface area (Å²) < 4.78 is 39.7. The normalized spacial score (nSPS) is 18.1. The van der Waals surface area contributed by atoms with Gasteiger partial charge in [0.2, 0.25) is 0 Å². The van der Waals surface area contributed by atoms with Crippen LogP contribution in [0.1, 0.15) is 24.8 Å². The third kappa shape index (κ3) is 3.40. The van der Waals surface area contributed by atoms with Gasteiger partial charge in [-0.1, -0.05) is 24.3 Å². The summed E-state index contributed by atoms with van der Waals surface area (Å²) in [6, 6.07) is 10.4. The van der Waals surface area contributed by atoms with E-state index in [1.165, 1.54) is 3.97 Å². The number of nitrogens with zero attached hydrogens (tertiary/aromatic N) is 3. The second kappa shape index (κ2) is 7.65. The Bertz CT molecular complexity index is 1450. The minimum absolute atomic E-state index is 0.211. The SMILES string of the molecule is O=S(=O)(c1ccccc1)n1cc(-c2cn[nH]c2)c2cc(C3=CCC4(CC3)OCCO4)cnc21. The van der Waals surface area contributed by atoms with Crippen molar-refractivity contribution >= 4 is 26.6 Å². The molecule has 8 nitrogen and oxygen atoms in total. The van der Waals surface area contributed by atoms with Gasteiger partial charge in [0.05, 0.1) is 24.3 Å². The van der Waals surface area contributed by atoms with Crippen molar-refractivity contribution in [1.29, 1.82) is 0 Å². The van der Waals surface area contributed by atoms with E-state index in [-0.39, 0.29) is 4.90 Å². The zero-order valence-electron chi connectivity index (χ0n) is 17.8. The molecule has 2 aliphatic rings. The highest BCUT2D eigenvalue weighted by Crippen LogP contribution is 2.39. The van der Waals surface area contributed by atoms with E-state index in [0.29, 0.717) is 25.3 Å². The summed E-state index contributed by atoms with van der Waals surface area (Å²) in [6.07, 6.45) is 11.2. The molecule has 0 amide bonds. The molecule has 0 atom stereocenters. The molecule has 1 aliphatic heterocycles. The highest BCUT2D eigenvalue weighted by Gasteiger charge is 2.37. The number of benzene rings is 1. The van der Waals surface area contributed by atoms with Gasteiger partial charge in [0.25, 0.3) is 10.0 Å². The zero-order chi connectivity index (χ0) is 22.5. The summed E-state index contributed by atoms with van der Waals surface area (Å²) in [5, 5.41) is 7.61. The van der Waals surface area contributed by atoms with E-state index in [9.17, 15) is 8.42 Å². The molecule has 33 heavy (non-hydrogen) atoms. The molecule has 4 aromatic rings. The van der Waals surface area contributed by atoms with E-state index in [2.05, 4.69) is 21.3 Å². The maximum Gasteiger partial charge on any atom is 0.269 e. The van der Waals surface area contributed by atoms with E-state index in [1.807, 2.05) is 6.07 Å². The standard InChI is InChI=1S/C24H22N4O4S/c29-33(30,20-4-2-1-3-5-20)28-16-22(19-14-26-27-15-19)21-12-18(13-25-23(21)28)17-6-8-24(9-7-17)31-10-11-32-24/h1-6,12-16H,7-11H2,(H,26,27). The lowest BCUT2D eigenvalue weighted by Crippen LogP contribution is -2.31. The van der Waals surface area contributed by atoms with Crippen molar-refractivity contribution in [3.63, 3.8) is 0 Å². The van der Waals surface area contributed by atoms with Crippen LogP contribution in [0, 0.1) is 0 Å². The van der Waals surface area contributed by atoms with Crippen LogP contribution in [-0.2, 0) is 19.5 Å². The number of nitrogens with one attached hydrogen (secondary N) is 1. The molecule has 168 valence electrons. The number of allylic oxidation sites excluding steroid dienone is 1. The van der Waals surface area contributed by atoms with Gasteiger partial charge >= 0.3 is 0 Å². The molecule has 1 fully saturated rings. The molecule has 3 aromatic heterocycles. The average Bonchev–Trinajstić information content (AvgIpc) is 3.60. The summed E-state index contributed by atoms with van der Waals surface area (Å²) >= 11 is 0. The Kier molecular flexibility index (Phi) is 4.72. The van der Waals surface area contributed by atoms with Gasteiger partial charge in [-0.05, 0) is 35.8 Å². The highest BCUT2D eigenvalue weighted by molar-refractivity contribution is 7.90. The van der Waals surface area contributed by atoms with Crippen LogP contribution in [0.3, 0.4) is 0 Å². The number of hydrogen-bond donors (Lipinski definition) is 1. The Morgan fingerprint density at radius 1 is 1.06 bits per heavy atom. The predicted molar refractivity (Wildman–Crippen MR) is 123 cm³/mol. The van der Waals surface area contributed by atoms with Gasteiger partial charge in [-0.2, -0.15) is 5.10 Å². The predicted octanol–water partition coefficient (Wildman–Crippen LogP) is 3.97. The molecule has 1 N–H and O–H groups in total. The Morgan fingerprint density at radius 3 is 2.58 bits per heavy atom. The second-order valence-corrected chi connectivity index (χ2v) is 10.1. The van der Waals surface area contributed by atoms with Crippen molar-refractivity contribution in [2.75, 3.05) is 13.2 Å². The van der Waals surface area contributed by atoms with Crippen molar-refractivity contribution in [3.8, 4) is 11.1 Å². The fourth-order valence-electron chi connectivity index (χ4n) is 4.60. The number of ether oxygens (including phenoxy) is 2. The Hall–Kier alpha value is -3.27. The second-order valence-electron chi connectivity index (χ2n) is 8.28. The molecule has 1 spiro atoms. The zero-order valence-corrected chi connectivity index (χ0v) is 18.6. The van der Waals surface area contributed by atoms with Crippen molar-refractivity contribution in [2.24, 2.45) is 0 Å². The number of hydrogen-bond acceptors (Lipinski definition) is 6. The fraction of sp³-hybridized carbons (Fsp3) is 0.250. The van der Waals surface area contributed by atoms with Crippen LogP contribution in [0.2, 0.25) is 0 Å². The molecule has 0 bridgehead atoms. The number of aromatic nitrogens is 4.